The lowest BCUT2D eigenvalue weighted by molar-refractivity contribution is -0.118. The smallest absolute Gasteiger partial charge is 0.286 e. The molecule has 1 saturated heterocycles. The molecular weight excluding hydrogens is 524 g/mol. The summed E-state index contributed by atoms with van der Waals surface area (Å²) in [6.45, 7) is 3.06. The summed E-state index contributed by atoms with van der Waals surface area (Å²) in [6, 6.07) is 19.8. The number of carbonyl (C=O) groups excluding carboxylic acids is 2. The number of ether oxygens (including phenoxy) is 2. The zero-order chi connectivity index (χ0) is 28.1. The number of anilines is 1. The molecule has 9 heteroatoms. The average Bonchev–Trinajstić information content (AvgIpc) is 3.44. The van der Waals surface area contributed by atoms with Crippen molar-refractivity contribution < 1.29 is 19.1 Å². The Morgan fingerprint density at radius 2 is 1.75 bits per heavy atom. The molecule has 0 saturated carbocycles. The summed E-state index contributed by atoms with van der Waals surface area (Å²) in [5.41, 5.74) is 12.3. The van der Waals surface area contributed by atoms with Crippen molar-refractivity contribution in [1.82, 2.24) is 14.9 Å². The van der Waals surface area contributed by atoms with Crippen LogP contribution in [0.25, 0.3) is 11.0 Å². The first-order chi connectivity index (χ1) is 19.4. The largest absolute Gasteiger partial charge is 0.493 e. The van der Waals surface area contributed by atoms with Crippen molar-refractivity contribution in [2.75, 3.05) is 12.3 Å². The summed E-state index contributed by atoms with van der Waals surface area (Å²) in [4.78, 5) is 27.9. The van der Waals surface area contributed by atoms with Gasteiger partial charge in [0.15, 0.2) is 0 Å². The number of fused-ring (bicyclic) bond motifs is 1. The number of nitrogen functional groups attached to an aromatic ring is 1. The van der Waals surface area contributed by atoms with Gasteiger partial charge in [-0.1, -0.05) is 49.4 Å². The van der Waals surface area contributed by atoms with Crippen LogP contribution in [0.3, 0.4) is 0 Å². The first-order valence-corrected chi connectivity index (χ1v) is 14.5. The molecule has 1 aliphatic rings. The minimum Gasteiger partial charge on any atom is -0.493 e. The van der Waals surface area contributed by atoms with Gasteiger partial charge in [0.05, 0.1) is 22.9 Å². The Hall–Kier alpha value is -3.98. The van der Waals surface area contributed by atoms with Crippen molar-refractivity contribution in [3.8, 4) is 11.5 Å². The highest BCUT2D eigenvalue weighted by Gasteiger charge is 2.31. The molecule has 2 heterocycles. The van der Waals surface area contributed by atoms with Crippen LogP contribution in [0.4, 0.5) is 10.5 Å². The summed E-state index contributed by atoms with van der Waals surface area (Å²) in [6.07, 6.45) is 4.61. The SMILES string of the molecule is CCCCc1ccc(CCOc2ccc3nc(COc4ccc(CC5SC(=O)NC5=O)cc4)n(C)c3c2)cc1N. The molecule has 1 unspecified atom stereocenters. The summed E-state index contributed by atoms with van der Waals surface area (Å²) in [5, 5.41) is 1.65. The van der Waals surface area contributed by atoms with Crippen LogP contribution in [-0.2, 0) is 37.7 Å². The van der Waals surface area contributed by atoms with Crippen molar-refractivity contribution >= 4 is 39.6 Å². The lowest BCUT2D eigenvalue weighted by atomic mass is 10.0. The number of amides is 2. The summed E-state index contributed by atoms with van der Waals surface area (Å²) < 4.78 is 14.1. The predicted octanol–water partition coefficient (Wildman–Crippen LogP) is 5.59. The number of carbonyl (C=O) groups is 2. The zero-order valence-electron chi connectivity index (χ0n) is 22.8. The van der Waals surface area contributed by atoms with E-state index in [0.717, 1.165) is 71.3 Å². The van der Waals surface area contributed by atoms with E-state index in [0.29, 0.717) is 25.4 Å². The number of thioether (sulfide) groups is 1. The second-order valence-electron chi connectivity index (χ2n) is 9.99. The first kappa shape index (κ1) is 27.6. The normalized spacial score (nSPS) is 15.0. The molecule has 208 valence electrons. The number of aryl methyl sites for hydroxylation is 2. The number of hydrogen-bond acceptors (Lipinski definition) is 7. The van der Waals surface area contributed by atoms with Gasteiger partial charge in [0.25, 0.3) is 5.24 Å². The molecule has 0 aliphatic carbocycles. The Labute approximate surface area is 238 Å². The molecule has 40 heavy (non-hydrogen) atoms. The van der Waals surface area contributed by atoms with Gasteiger partial charge in [-0.15, -0.1) is 0 Å². The lowest BCUT2D eigenvalue weighted by Crippen LogP contribution is -2.25. The maximum atomic E-state index is 11.8. The Balaban J connectivity index is 1.15. The number of benzene rings is 3. The number of rotatable bonds is 12. The second-order valence-corrected chi connectivity index (χ2v) is 11.2. The van der Waals surface area contributed by atoms with Gasteiger partial charge in [-0.2, -0.15) is 0 Å². The zero-order valence-corrected chi connectivity index (χ0v) is 23.6. The van der Waals surface area contributed by atoms with Crippen LogP contribution in [0.2, 0.25) is 0 Å². The molecule has 1 fully saturated rings. The van der Waals surface area contributed by atoms with E-state index in [1.165, 1.54) is 11.1 Å². The van der Waals surface area contributed by atoms with E-state index in [4.69, 9.17) is 20.2 Å². The highest BCUT2D eigenvalue weighted by atomic mass is 32.2. The van der Waals surface area contributed by atoms with Gasteiger partial charge in [0.1, 0.15) is 23.9 Å². The highest BCUT2D eigenvalue weighted by Crippen LogP contribution is 2.25. The third-order valence-corrected chi connectivity index (χ3v) is 8.08. The molecule has 3 N–H and O–H groups in total. The molecule has 3 aromatic carbocycles. The van der Waals surface area contributed by atoms with Gasteiger partial charge < -0.3 is 19.8 Å². The van der Waals surface area contributed by atoms with Crippen molar-refractivity contribution in [2.24, 2.45) is 7.05 Å². The molecule has 8 nitrogen and oxygen atoms in total. The highest BCUT2D eigenvalue weighted by molar-refractivity contribution is 8.15. The fourth-order valence-corrected chi connectivity index (χ4v) is 5.59. The van der Waals surface area contributed by atoms with Crippen molar-refractivity contribution in [2.45, 2.75) is 50.9 Å². The van der Waals surface area contributed by atoms with Gasteiger partial charge >= 0.3 is 0 Å². The van der Waals surface area contributed by atoms with E-state index in [1.54, 1.807) is 0 Å². The number of aromatic nitrogens is 2. The molecule has 0 radical (unpaired) electrons. The van der Waals surface area contributed by atoms with Crippen LogP contribution < -0.4 is 20.5 Å². The van der Waals surface area contributed by atoms with Crippen LogP contribution >= 0.6 is 11.8 Å². The van der Waals surface area contributed by atoms with E-state index in [1.807, 2.05) is 54.1 Å². The number of imide groups is 1. The molecule has 1 aromatic heterocycles. The predicted molar refractivity (Wildman–Crippen MR) is 159 cm³/mol. The molecule has 0 spiro atoms. The number of nitrogens with two attached hydrogens (primary N) is 1. The third kappa shape index (κ3) is 6.59. The first-order valence-electron chi connectivity index (χ1n) is 13.6. The fourth-order valence-electron chi connectivity index (χ4n) is 4.73. The average molecular weight is 559 g/mol. The van der Waals surface area contributed by atoms with Gasteiger partial charge in [-0.05, 0) is 66.3 Å². The van der Waals surface area contributed by atoms with E-state index in [2.05, 4.69) is 30.4 Å². The number of nitrogens with one attached hydrogen (secondary N) is 1. The number of imidazole rings is 1. The van der Waals surface area contributed by atoms with Gasteiger partial charge in [0, 0.05) is 25.2 Å². The van der Waals surface area contributed by atoms with Gasteiger partial charge in [-0.3, -0.25) is 14.9 Å². The van der Waals surface area contributed by atoms with Gasteiger partial charge in [0.2, 0.25) is 5.91 Å². The van der Waals surface area contributed by atoms with Crippen LogP contribution in [0.15, 0.2) is 60.7 Å². The Morgan fingerprint density at radius 3 is 2.48 bits per heavy atom. The van der Waals surface area contributed by atoms with Gasteiger partial charge in [-0.25, -0.2) is 4.98 Å². The molecule has 0 bridgehead atoms. The Kier molecular flexibility index (Phi) is 8.60. The van der Waals surface area contributed by atoms with E-state index in [-0.39, 0.29) is 16.4 Å². The minimum atomic E-state index is -0.381. The maximum absolute atomic E-state index is 11.8. The summed E-state index contributed by atoms with van der Waals surface area (Å²) in [5.74, 6) is 2.07. The van der Waals surface area contributed by atoms with Crippen LogP contribution in [-0.4, -0.2) is 32.6 Å². The monoisotopic (exact) mass is 558 g/mol. The summed E-state index contributed by atoms with van der Waals surface area (Å²) in [7, 11) is 1.97. The number of nitrogens with zero attached hydrogens (tertiary/aromatic N) is 2. The van der Waals surface area contributed by atoms with Crippen molar-refractivity contribution in [1.29, 1.82) is 0 Å². The minimum absolute atomic E-state index is 0.233. The maximum Gasteiger partial charge on any atom is 0.286 e. The van der Waals surface area contributed by atoms with Crippen LogP contribution in [0.5, 0.6) is 11.5 Å². The number of hydrogen-bond donors (Lipinski definition) is 2. The number of unbranched alkanes of at least 4 members (excludes halogenated alkanes) is 1. The van der Waals surface area contributed by atoms with E-state index >= 15 is 0 Å². The van der Waals surface area contributed by atoms with E-state index < -0.39 is 0 Å². The Bertz CT molecular complexity index is 1520. The molecule has 4 aromatic rings. The molecule has 1 atom stereocenters. The lowest BCUT2D eigenvalue weighted by Gasteiger charge is -2.10. The van der Waals surface area contributed by atoms with Crippen LogP contribution in [0, 0.1) is 0 Å². The molecule has 2 amide bonds. The quantitative estimate of drug-likeness (QED) is 0.218. The third-order valence-electron chi connectivity index (χ3n) is 7.09. The van der Waals surface area contributed by atoms with E-state index in [9.17, 15) is 9.59 Å². The van der Waals surface area contributed by atoms with Crippen LogP contribution in [0.1, 0.15) is 42.3 Å². The summed E-state index contributed by atoms with van der Waals surface area (Å²) >= 11 is 1.04. The molecular formula is C31H34N4O4S. The molecule has 5 rings (SSSR count). The topological polar surface area (TPSA) is 108 Å². The molecule has 1 aliphatic heterocycles. The Morgan fingerprint density at radius 1 is 0.975 bits per heavy atom. The standard InChI is InChI=1S/C31H34N4O4S/c1-3-4-5-22-9-6-21(16-25(22)32)14-15-38-24-12-13-26-27(18-24)35(2)29(33-26)19-39-23-10-7-20(8-11-23)17-28-30(36)34-31(37)40-28/h6-13,16,18,28H,3-5,14-15,17,19,32H2,1-2H3,(H,34,36,37). The fraction of sp³-hybridized carbons (Fsp3) is 0.323. The van der Waals surface area contributed by atoms with Crippen molar-refractivity contribution in [3.63, 3.8) is 0 Å². The van der Waals surface area contributed by atoms with Crippen molar-refractivity contribution in [3.05, 3.63) is 83.2 Å². The second kappa shape index (κ2) is 12.5.